The molecule has 3 rings (SSSR count). The highest BCUT2D eigenvalue weighted by Gasteiger charge is 2.48. The first-order valence-corrected chi connectivity index (χ1v) is 6.48. The Kier molecular flexibility index (Phi) is 2.78. The summed E-state index contributed by atoms with van der Waals surface area (Å²) in [7, 11) is 0. The van der Waals surface area contributed by atoms with Gasteiger partial charge in [0, 0.05) is 32.1 Å². The Hall–Kier alpha value is -1.10. The van der Waals surface area contributed by atoms with E-state index in [0.717, 1.165) is 38.3 Å². The van der Waals surface area contributed by atoms with Crippen molar-refractivity contribution in [3.8, 4) is 0 Å². The maximum absolute atomic E-state index is 10.7. The maximum Gasteiger partial charge on any atom is 0.209 e. The van der Waals surface area contributed by atoms with Gasteiger partial charge in [-0.2, -0.15) is 0 Å². The van der Waals surface area contributed by atoms with Crippen LogP contribution in [0.1, 0.15) is 19.3 Å². The minimum atomic E-state index is 0.340. The van der Waals surface area contributed by atoms with Crippen molar-refractivity contribution in [3.05, 3.63) is 0 Å². The van der Waals surface area contributed by atoms with Crippen LogP contribution in [-0.4, -0.2) is 59.3 Å². The molecule has 5 heteroatoms. The third-order valence-corrected chi connectivity index (χ3v) is 4.65. The van der Waals surface area contributed by atoms with Crippen LogP contribution in [-0.2, 0) is 4.79 Å². The van der Waals surface area contributed by atoms with E-state index in [4.69, 9.17) is 0 Å². The molecule has 17 heavy (non-hydrogen) atoms. The van der Waals surface area contributed by atoms with E-state index < -0.39 is 0 Å². The fourth-order valence-electron chi connectivity index (χ4n) is 3.80. The van der Waals surface area contributed by atoms with Crippen molar-refractivity contribution in [2.45, 2.75) is 25.3 Å². The largest absolute Gasteiger partial charge is 0.411 e. The molecular weight excluding hydrogens is 218 g/mol. The average molecular weight is 237 g/mol. The van der Waals surface area contributed by atoms with Crippen molar-refractivity contribution < 1.29 is 10.0 Å². The van der Waals surface area contributed by atoms with Crippen molar-refractivity contribution >= 4 is 12.1 Å². The van der Waals surface area contributed by atoms with Crippen LogP contribution in [0.5, 0.6) is 0 Å². The van der Waals surface area contributed by atoms with Gasteiger partial charge in [-0.3, -0.25) is 9.69 Å². The first-order valence-electron chi connectivity index (χ1n) is 6.48. The standard InChI is InChI=1S/C12H19N3O2/c16-8-14-3-5-15(6-4-14)12-10-2-1-9(7-10)11(12)13-17/h8-10,12,17H,1-7H2/b13-11+/t9-,10-,12+/m1/s1. The molecule has 1 saturated heterocycles. The second kappa shape index (κ2) is 4.29. The topological polar surface area (TPSA) is 56.1 Å². The number of hydrogen-bond acceptors (Lipinski definition) is 4. The van der Waals surface area contributed by atoms with Gasteiger partial charge in [-0.15, -0.1) is 0 Å². The Morgan fingerprint density at radius 2 is 2.00 bits per heavy atom. The lowest BCUT2D eigenvalue weighted by molar-refractivity contribution is -0.119. The van der Waals surface area contributed by atoms with Gasteiger partial charge in [-0.25, -0.2) is 0 Å². The van der Waals surface area contributed by atoms with E-state index in [1.54, 1.807) is 0 Å². The van der Waals surface area contributed by atoms with Gasteiger partial charge >= 0.3 is 0 Å². The summed E-state index contributed by atoms with van der Waals surface area (Å²) in [5, 5.41) is 12.7. The SMILES string of the molecule is O=CN1CCN([C@@H]2/C(=N/O)[C@@H]3CC[C@@H]2C3)CC1. The van der Waals surface area contributed by atoms with Gasteiger partial charge < -0.3 is 10.1 Å². The van der Waals surface area contributed by atoms with Crippen LogP contribution in [0.25, 0.3) is 0 Å². The van der Waals surface area contributed by atoms with Crippen LogP contribution in [0.3, 0.4) is 0 Å². The fraction of sp³-hybridized carbons (Fsp3) is 0.833. The lowest BCUT2D eigenvalue weighted by atomic mass is 9.91. The molecule has 5 nitrogen and oxygen atoms in total. The average Bonchev–Trinajstić information content (AvgIpc) is 2.98. The van der Waals surface area contributed by atoms with E-state index in [1.165, 1.54) is 19.3 Å². The number of nitrogens with zero attached hydrogens (tertiary/aromatic N) is 3. The molecule has 3 fully saturated rings. The summed E-state index contributed by atoms with van der Waals surface area (Å²) >= 11 is 0. The highest BCUT2D eigenvalue weighted by molar-refractivity contribution is 5.94. The molecule has 0 aromatic heterocycles. The van der Waals surface area contributed by atoms with Gasteiger partial charge in [0.05, 0.1) is 11.8 Å². The van der Waals surface area contributed by atoms with E-state index in [1.807, 2.05) is 4.90 Å². The van der Waals surface area contributed by atoms with Crippen molar-refractivity contribution in [2.75, 3.05) is 26.2 Å². The van der Waals surface area contributed by atoms with E-state index in [9.17, 15) is 10.0 Å². The van der Waals surface area contributed by atoms with E-state index in [2.05, 4.69) is 10.1 Å². The van der Waals surface area contributed by atoms with Crippen molar-refractivity contribution in [3.63, 3.8) is 0 Å². The molecule has 2 saturated carbocycles. The number of amides is 1. The van der Waals surface area contributed by atoms with E-state index in [0.29, 0.717) is 17.9 Å². The molecule has 1 heterocycles. The summed E-state index contributed by atoms with van der Waals surface area (Å²) in [6.07, 6.45) is 4.58. The number of hydrogen-bond donors (Lipinski definition) is 1. The number of fused-ring (bicyclic) bond motifs is 2. The van der Waals surface area contributed by atoms with Gasteiger partial charge in [0.2, 0.25) is 6.41 Å². The molecule has 0 aromatic carbocycles. The third kappa shape index (κ3) is 1.73. The number of oxime groups is 1. The zero-order valence-corrected chi connectivity index (χ0v) is 9.96. The van der Waals surface area contributed by atoms with E-state index >= 15 is 0 Å². The van der Waals surface area contributed by atoms with Crippen molar-refractivity contribution in [2.24, 2.45) is 17.0 Å². The first kappa shape index (κ1) is 11.0. The number of rotatable bonds is 2. The minimum absolute atomic E-state index is 0.340. The number of piperazine rings is 1. The predicted molar refractivity (Wildman–Crippen MR) is 63.1 cm³/mol. The van der Waals surface area contributed by atoms with Crippen LogP contribution in [0.15, 0.2) is 5.16 Å². The van der Waals surface area contributed by atoms with Crippen LogP contribution >= 0.6 is 0 Å². The highest BCUT2D eigenvalue weighted by atomic mass is 16.4. The Morgan fingerprint density at radius 3 is 2.65 bits per heavy atom. The monoisotopic (exact) mass is 237 g/mol. The molecule has 0 aromatic rings. The maximum atomic E-state index is 10.7. The van der Waals surface area contributed by atoms with Crippen LogP contribution in [0, 0.1) is 11.8 Å². The lowest BCUT2D eigenvalue weighted by Gasteiger charge is -2.39. The molecule has 2 bridgehead atoms. The summed E-state index contributed by atoms with van der Waals surface area (Å²) < 4.78 is 0. The molecule has 0 radical (unpaired) electrons. The molecule has 1 aliphatic heterocycles. The van der Waals surface area contributed by atoms with Crippen molar-refractivity contribution in [1.82, 2.24) is 9.80 Å². The molecule has 94 valence electrons. The summed E-state index contributed by atoms with van der Waals surface area (Å²) in [6, 6.07) is 0.340. The minimum Gasteiger partial charge on any atom is -0.411 e. The molecule has 0 unspecified atom stereocenters. The summed E-state index contributed by atoms with van der Waals surface area (Å²) in [5.74, 6) is 1.19. The van der Waals surface area contributed by atoms with Crippen LogP contribution in [0.2, 0.25) is 0 Å². The van der Waals surface area contributed by atoms with Crippen LogP contribution in [0.4, 0.5) is 0 Å². The first-order chi connectivity index (χ1) is 8.33. The Bertz CT molecular complexity index is 337. The highest BCUT2D eigenvalue weighted by Crippen LogP contribution is 2.45. The van der Waals surface area contributed by atoms with Crippen molar-refractivity contribution in [1.29, 1.82) is 0 Å². The van der Waals surface area contributed by atoms with Gasteiger partial charge in [0.15, 0.2) is 0 Å². The second-order valence-electron chi connectivity index (χ2n) is 5.42. The fourth-order valence-corrected chi connectivity index (χ4v) is 3.80. The van der Waals surface area contributed by atoms with E-state index in [-0.39, 0.29) is 0 Å². The molecule has 1 amide bonds. The van der Waals surface area contributed by atoms with Gasteiger partial charge in [0.1, 0.15) is 0 Å². The van der Waals surface area contributed by atoms with Gasteiger partial charge in [0.25, 0.3) is 0 Å². The molecule has 2 aliphatic carbocycles. The molecular formula is C12H19N3O2. The molecule has 0 spiro atoms. The van der Waals surface area contributed by atoms with Crippen LogP contribution < -0.4 is 0 Å². The molecule has 3 atom stereocenters. The Morgan fingerprint density at radius 1 is 1.24 bits per heavy atom. The number of carbonyl (C=O) groups excluding carboxylic acids is 1. The summed E-state index contributed by atoms with van der Waals surface area (Å²) in [5.41, 5.74) is 1.00. The van der Waals surface area contributed by atoms with Gasteiger partial charge in [-0.1, -0.05) is 5.16 Å². The second-order valence-corrected chi connectivity index (χ2v) is 5.42. The molecule has 1 N–H and O–H groups in total. The molecule has 3 aliphatic rings. The quantitative estimate of drug-likeness (QED) is 0.429. The third-order valence-electron chi connectivity index (χ3n) is 4.65. The summed E-state index contributed by atoms with van der Waals surface area (Å²) in [6.45, 7) is 3.42. The summed E-state index contributed by atoms with van der Waals surface area (Å²) in [4.78, 5) is 14.9. The predicted octanol–water partition coefficient (Wildman–Crippen LogP) is 0.389. The Balaban J connectivity index is 1.70. The number of carbonyl (C=O) groups is 1. The normalized spacial score (nSPS) is 40.1. The Labute approximate surface area is 101 Å². The van der Waals surface area contributed by atoms with Gasteiger partial charge in [-0.05, 0) is 25.2 Å². The zero-order valence-electron chi connectivity index (χ0n) is 9.96. The zero-order chi connectivity index (χ0) is 11.8. The smallest absolute Gasteiger partial charge is 0.209 e. The lowest BCUT2D eigenvalue weighted by Crippen LogP contribution is -2.54.